The predicted molar refractivity (Wildman–Crippen MR) is 64.8 cm³/mol. The number of nitrogen functional groups attached to an aromatic ring is 1. The highest BCUT2D eigenvalue weighted by Crippen LogP contribution is 2.25. The van der Waals surface area contributed by atoms with Crippen LogP contribution in [0.1, 0.15) is 5.56 Å². The summed E-state index contributed by atoms with van der Waals surface area (Å²) in [7, 11) is 0. The van der Waals surface area contributed by atoms with Crippen LogP contribution in [0, 0.1) is 13.5 Å². The maximum absolute atomic E-state index is 6.68. The molecule has 0 saturated heterocycles. The van der Waals surface area contributed by atoms with Crippen molar-refractivity contribution in [3.8, 4) is 11.6 Å². The first-order chi connectivity index (χ1) is 8.24. The topological polar surface area (TPSA) is 57.4 Å². The van der Waals surface area contributed by atoms with Gasteiger partial charge in [-0.2, -0.15) is 0 Å². The predicted octanol–water partition coefficient (Wildman–Crippen LogP) is 2.02. The Morgan fingerprint density at radius 2 is 2.12 bits per heavy atom. The minimum atomic E-state index is -0.0495. The number of anilines is 1. The lowest BCUT2D eigenvalue weighted by atomic mass is 10.3. The lowest BCUT2D eigenvalue weighted by Gasteiger charge is -2.02. The average molecular weight is 228 g/mol. The zero-order chi connectivity index (χ0) is 12.3. The van der Waals surface area contributed by atoms with E-state index in [4.69, 9.17) is 17.0 Å². The summed E-state index contributed by atoms with van der Waals surface area (Å²) < 4.78 is 6.81. The number of hydrogen-bond donors (Lipinski definition) is 1. The van der Waals surface area contributed by atoms with Crippen LogP contribution in [0.3, 0.4) is 0 Å². The average Bonchev–Trinajstić information content (AvgIpc) is 2.65. The molecule has 1 heterocycles. The number of aromatic nitrogens is 2. The van der Waals surface area contributed by atoms with E-state index in [-0.39, 0.29) is 6.73 Å². The molecular formula is C12H12N4O. The number of nitrogens with two attached hydrogens (primary N) is 1. The van der Waals surface area contributed by atoms with Gasteiger partial charge in [0.05, 0.1) is 11.3 Å². The standard InChI is InChI=1S/C12H12N4O/c1-9-11(13)16(10-6-4-3-5-7-10)15-12(9)17-8-14-2/h3-7H,8,13H2,1H3. The van der Waals surface area contributed by atoms with Crippen LogP contribution >= 0.6 is 0 Å². The van der Waals surface area contributed by atoms with E-state index in [1.54, 1.807) is 4.68 Å². The molecule has 2 aromatic rings. The highest BCUT2D eigenvalue weighted by atomic mass is 16.5. The Morgan fingerprint density at radius 3 is 2.76 bits per heavy atom. The maximum atomic E-state index is 6.68. The number of para-hydroxylation sites is 1. The van der Waals surface area contributed by atoms with Crippen LogP contribution in [0.4, 0.5) is 5.82 Å². The molecule has 17 heavy (non-hydrogen) atoms. The first-order valence-electron chi connectivity index (χ1n) is 5.10. The molecule has 0 saturated carbocycles. The minimum Gasteiger partial charge on any atom is -0.406 e. The fourth-order valence-electron chi connectivity index (χ4n) is 1.48. The van der Waals surface area contributed by atoms with E-state index in [0.29, 0.717) is 11.7 Å². The monoisotopic (exact) mass is 228 g/mol. The molecule has 86 valence electrons. The first kappa shape index (κ1) is 11.0. The van der Waals surface area contributed by atoms with E-state index in [1.165, 1.54) is 0 Å². The van der Waals surface area contributed by atoms with Gasteiger partial charge in [-0.15, -0.1) is 5.10 Å². The first-order valence-corrected chi connectivity index (χ1v) is 5.10. The Hall–Kier alpha value is -2.48. The van der Waals surface area contributed by atoms with Crippen molar-refractivity contribution in [3.63, 3.8) is 0 Å². The quantitative estimate of drug-likeness (QED) is 0.817. The molecular weight excluding hydrogens is 216 g/mol. The van der Waals surface area contributed by atoms with Crippen molar-refractivity contribution in [2.75, 3.05) is 12.5 Å². The zero-order valence-electron chi connectivity index (χ0n) is 9.42. The summed E-state index contributed by atoms with van der Waals surface area (Å²) in [5.41, 5.74) is 7.56. The van der Waals surface area contributed by atoms with Gasteiger partial charge in [-0.25, -0.2) is 11.3 Å². The van der Waals surface area contributed by atoms with Crippen LogP contribution < -0.4 is 10.5 Å². The van der Waals surface area contributed by atoms with E-state index < -0.39 is 0 Å². The van der Waals surface area contributed by atoms with Crippen molar-refractivity contribution in [1.29, 1.82) is 0 Å². The summed E-state index contributed by atoms with van der Waals surface area (Å²) >= 11 is 0. The Balaban J connectivity index is 2.40. The van der Waals surface area contributed by atoms with Gasteiger partial charge in [0.2, 0.25) is 5.88 Å². The van der Waals surface area contributed by atoms with Gasteiger partial charge in [0.25, 0.3) is 0 Å². The summed E-state index contributed by atoms with van der Waals surface area (Å²) in [5.74, 6) is 0.929. The number of rotatable bonds is 3. The van der Waals surface area contributed by atoms with Gasteiger partial charge in [0.15, 0.2) is 0 Å². The van der Waals surface area contributed by atoms with Crippen LogP contribution in [-0.4, -0.2) is 16.5 Å². The van der Waals surface area contributed by atoms with E-state index in [9.17, 15) is 0 Å². The molecule has 0 spiro atoms. The Bertz CT molecular complexity index is 554. The molecule has 5 heteroatoms. The fourth-order valence-corrected chi connectivity index (χ4v) is 1.48. The number of nitrogens with zero attached hydrogens (tertiary/aromatic N) is 3. The molecule has 0 aliphatic carbocycles. The van der Waals surface area contributed by atoms with Gasteiger partial charge in [-0.05, 0) is 19.1 Å². The van der Waals surface area contributed by atoms with Gasteiger partial charge in [-0.3, -0.25) is 4.85 Å². The second-order valence-corrected chi connectivity index (χ2v) is 3.49. The van der Waals surface area contributed by atoms with E-state index >= 15 is 0 Å². The summed E-state index contributed by atoms with van der Waals surface area (Å²) in [5, 5.41) is 4.24. The molecule has 0 aliphatic rings. The lowest BCUT2D eigenvalue weighted by Crippen LogP contribution is -2.01. The molecule has 0 atom stereocenters. The Morgan fingerprint density at radius 1 is 1.41 bits per heavy atom. The third kappa shape index (κ3) is 2.06. The molecule has 1 aromatic heterocycles. The minimum absolute atomic E-state index is 0.0495. The SMILES string of the molecule is [C-]#[N+]COc1nn(-c2ccccc2)c(N)c1C. The van der Waals surface area contributed by atoms with E-state index in [1.807, 2.05) is 37.3 Å². The van der Waals surface area contributed by atoms with Crippen LogP contribution in [0.2, 0.25) is 0 Å². The molecule has 0 amide bonds. The second-order valence-electron chi connectivity index (χ2n) is 3.49. The molecule has 2 N–H and O–H groups in total. The molecule has 0 bridgehead atoms. The van der Waals surface area contributed by atoms with Crippen LogP contribution in [0.5, 0.6) is 5.88 Å². The smallest absolute Gasteiger partial charge is 0.358 e. The normalized spacial score (nSPS) is 9.88. The maximum Gasteiger partial charge on any atom is 0.358 e. The van der Waals surface area contributed by atoms with Crippen molar-refractivity contribution < 1.29 is 4.74 Å². The summed E-state index contributed by atoms with van der Waals surface area (Å²) in [6.45, 7) is 8.45. The molecule has 2 rings (SSSR count). The van der Waals surface area contributed by atoms with E-state index in [2.05, 4.69) is 9.94 Å². The lowest BCUT2D eigenvalue weighted by molar-refractivity contribution is 0.342. The van der Waals surface area contributed by atoms with Crippen molar-refractivity contribution in [2.45, 2.75) is 6.92 Å². The molecule has 0 fully saturated rings. The number of hydrogen-bond acceptors (Lipinski definition) is 3. The van der Waals surface area contributed by atoms with Gasteiger partial charge in [-0.1, -0.05) is 18.2 Å². The second kappa shape index (κ2) is 4.58. The molecule has 5 nitrogen and oxygen atoms in total. The number of ether oxygens (including phenoxy) is 1. The van der Waals surface area contributed by atoms with E-state index in [0.717, 1.165) is 11.3 Å². The van der Waals surface area contributed by atoms with Crippen molar-refractivity contribution in [1.82, 2.24) is 9.78 Å². The van der Waals surface area contributed by atoms with Crippen molar-refractivity contribution >= 4 is 5.82 Å². The third-order valence-corrected chi connectivity index (χ3v) is 2.39. The van der Waals surface area contributed by atoms with Gasteiger partial charge in [0, 0.05) is 0 Å². The highest BCUT2D eigenvalue weighted by molar-refractivity contribution is 5.51. The molecule has 0 radical (unpaired) electrons. The number of benzene rings is 1. The van der Waals surface area contributed by atoms with Crippen LogP contribution in [-0.2, 0) is 0 Å². The molecule has 1 aromatic carbocycles. The zero-order valence-corrected chi connectivity index (χ0v) is 9.42. The largest absolute Gasteiger partial charge is 0.406 e. The molecule has 0 aliphatic heterocycles. The van der Waals surface area contributed by atoms with Gasteiger partial charge >= 0.3 is 6.73 Å². The van der Waals surface area contributed by atoms with Crippen LogP contribution in [0.15, 0.2) is 30.3 Å². The Kier molecular flexibility index (Phi) is 2.97. The summed E-state index contributed by atoms with van der Waals surface area (Å²) in [4.78, 5) is 3.12. The molecule has 0 unspecified atom stereocenters. The van der Waals surface area contributed by atoms with Crippen LogP contribution in [0.25, 0.3) is 10.5 Å². The highest BCUT2D eigenvalue weighted by Gasteiger charge is 2.14. The van der Waals surface area contributed by atoms with Gasteiger partial charge < -0.3 is 10.5 Å². The Labute approximate surface area is 99.2 Å². The van der Waals surface area contributed by atoms with Crippen molar-refractivity contribution in [3.05, 3.63) is 47.3 Å². The summed E-state index contributed by atoms with van der Waals surface area (Å²) in [6, 6.07) is 9.55. The summed E-state index contributed by atoms with van der Waals surface area (Å²) in [6.07, 6.45) is 0. The van der Waals surface area contributed by atoms with Crippen molar-refractivity contribution in [2.24, 2.45) is 0 Å². The van der Waals surface area contributed by atoms with Gasteiger partial charge in [0.1, 0.15) is 5.82 Å². The third-order valence-electron chi connectivity index (χ3n) is 2.39. The fraction of sp³-hybridized carbons (Fsp3) is 0.167.